The molecular formula is C25H31NO4. The minimum absolute atomic E-state index is 0.135. The van der Waals surface area contributed by atoms with Gasteiger partial charge in [0.25, 0.3) is 5.91 Å². The summed E-state index contributed by atoms with van der Waals surface area (Å²) in [6, 6.07) is 11.8. The number of benzene rings is 2. The van der Waals surface area contributed by atoms with Gasteiger partial charge in [0.1, 0.15) is 22.8 Å². The van der Waals surface area contributed by atoms with Gasteiger partial charge in [-0.1, -0.05) is 6.07 Å². The number of hydrogen-bond donors (Lipinski definition) is 1. The molecule has 2 aromatic carbocycles. The first-order valence-corrected chi connectivity index (χ1v) is 10.8. The van der Waals surface area contributed by atoms with Gasteiger partial charge in [-0.25, -0.2) is 0 Å². The van der Waals surface area contributed by atoms with Crippen LogP contribution in [0.3, 0.4) is 0 Å². The predicted octanol–water partition coefficient (Wildman–Crippen LogP) is 4.76. The fourth-order valence-electron chi connectivity index (χ4n) is 4.42. The second kappa shape index (κ2) is 8.21. The van der Waals surface area contributed by atoms with Crippen LogP contribution in [-0.4, -0.2) is 24.7 Å². The normalized spacial score (nSPS) is 20.2. The van der Waals surface area contributed by atoms with Gasteiger partial charge in [-0.15, -0.1) is 0 Å². The summed E-state index contributed by atoms with van der Waals surface area (Å²) in [6.07, 6.45) is 4.77. The van der Waals surface area contributed by atoms with Crippen molar-refractivity contribution in [1.29, 1.82) is 0 Å². The van der Waals surface area contributed by atoms with Crippen LogP contribution in [-0.2, 0) is 17.6 Å². The van der Waals surface area contributed by atoms with Crippen LogP contribution < -0.4 is 19.5 Å². The SMILES string of the molecule is COc1ccc2c(c1)[C@@H](NC(=O)[C@@H](C)Oc1ccc3c(c1)CCCC3)CC(C)(C)O2. The van der Waals surface area contributed by atoms with Crippen LogP contribution in [0.5, 0.6) is 17.2 Å². The first-order chi connectivity index (χ1) is 14.3. The van der Waals surface area contributed by atoms with Gasteiger partial charge in [0.05, 0.1) is 13.2 Å². The second-order valence-electron chi connectivity index (χ2n) is 8.93. The highest BCUT2D eigenvalue weighted by atomic mass is 16.5. The highest BCUT2D eigenvalue weighted by Gasteiger charge is 2.35. The molecule has 160 valence electrons. The number of amides is 1. The predicted molar refractivity (Wildman–Crippen MR) is 116 cm³/mol. The summed E-state index contributed by atoms with van der Waals surface area (Å²) in [5.74, 6) is 2.15. The number of aryl methyl sites for hydroxylation is 2. The molecule has 1 N–H and O–H groups in total. The third-order valence-corrected chi connectivity index (χ3v) is 5.99. The summed E-state index contributed by atoms with van der Waals surface area (Å²) in [5, 5.41) is 3.16. The van der Waals surface area contributed by atoms with Crippen LogP contribution in [0.1, 0.15) is 62.8 Å². The van der Waals surface area contributed by atoms with Gasteiger partial charge >= 0.3 is 0 Å². The van der Waals surface area contributed by atoms with Crippen molar-refractivity contribution in [3.8, 4) is 17.2 Å². The minimum Gasteiger partial charge on any atom is -0.497 e. The standard InChI is InChI=1S/C25H31NO4/c1-16(29-20-10-9-17-7-5-6-8-18(17)13-20)24(27)26-22-15-25(2,3)30-23-12-11-19(28-4)14-21(22)23/h9-14,16,22H,5-8,15H2,1-4H3,(H,26,27)/t16-,22+/m1/s1. The Labute approximate surface area is 178 Å². The van der Waals surface area contributed by atoms with Gasteiger partial charge in [-0.3, -0.25) is 4.79 Å². The first kappa shape index (κ1) is 20.6. The van der Waals surface area contributed by atoms with E-state index in [-0.39, 0.29) is 17.6 Å². The summed E-state index contributed by atoms with van der Waals surface area (Å²) in [7, 11) is 1.64. The Morgan fingerprint density at radius 1 is 1.10 bits per heavy atom. The molecule has 5 heteroatoms. The molecule has 1 amide bonds. The molecular weight excluding hydrogens is 378 g/mol. The van der Waals surface area contributed by atoms with Gasteiger partial charge in [-0.05, 0) is 87.9 Å². The Balaban J connectivity index is 1.48. The monoisotopic (exact) mass is 409 g/mol. The fraction of sp³-hybridized carbons (Fsp3) is 0.480. The third kappa shape index (κ3) is 4.40. The molecule has 5 nitrogen and oxygen atoms in total. The van der Waals surface area contributed by atoms with Gasteiger partial charge in [0.15, 0.2) is 6.10 Å². The van der Waals surface area contributed by atoms with Crippen LogP contribution in [0.4, 0.5) is 0 Å². The molecule has 30 heavy (non-hydrogen) atoms. The van der Waals surface area contributed by atoms with Crippen molar-refractivity contribution in [3.63, 3.8) is 0 Å². The molecule has 2 aromatic rings. The molecule has 1 aliphatic carbocycles. The van der Waals surface area contributed by atoms with E-state index in [9.17, 15) is 4.79 Å². The number of carbonyl (C=O) groups is 1. The van der Waals surface area contributed by atoms with Crippen LogP contribution in [0.15, 0.2) is 36.4 Å². The molecule has 0 fully saturated rings. The van der Waals surface area contributed by atoms with E-state index in [0.29, 0.717) is 6.42 Å². The van der Waals surface area contributed by atoms with E-state index in [1.54, 1.807) is 14.0 Å². The zero-order valence-electron chi connectivity index (χ0n) is 18.3. The Morgan fingerprint density at radius 3 is 2.60 bits per heavy atom. The van der Waals surface area contributed by atoms with Crippen LogP contribution in [0.2, 0.25) is 0 Å². The smallest absolute Gasteiger partial charge is 0.261 e. The first-order valence-electron chi connectivity index (χ1n) is 10.8. The number of fused-ring (bicyclic) bond motifs is 2. The molecule has 4 rings (SSSR count). The largest absolute Gasteiger partial charge is 0.497 e. The maximum absolute atomic E-state index is 13.0. The zero-order valence-corrected chi connectivity index (χ0v) is 18.3. The number of carbonyl (C=O) groups excluding carboxylic acids is 1. The maximum atomic E-state index is 13.0. The van der Waals surface area contributed by atoms with E-state index < -0.39 is 6.10 Å². The maximum Gasteiger partial charge on any atom is 0.261 e. The van der Waals surface area contributed by atoms with E-state index in [2.05, 4.69) is 17.4 Å². The number of methoxy groups -OCH3 is 1. The molecule has 2 atom stereocenters. The highest BCUT2D eigenvalue weighted by Crippen LogP contribution is 2.41. The molecule has 1 heterocycles. The lowest BCUT2D eigenvalue weighted by molar-refractivity contribution is -0.128. The van der Waals surface area contributed by atoms with Crippen molar-refractivity contribution in [2.24, 2.45) is 0 Å². The van der Waals surface area contributed by atoms with E-state index in [1.165, 1.54) is 24.0 Å². The van der Waals surface area contributed by atoms with Crippen LogP contribution in [0.25, 0.3) is 0 Å². The van der Waals surface area contributed by atoms with Gasteiger partial charge < -0.3 is 19.5 Å². The molecule has 0 unspecified atom stereocenters. The van der Waals surface area contributed by atoms with Crippen molar-refractivity contribution in [3.05, 3.63) is 53.1 Å². The number of hydrogen-bond acceptors (Lipinski definition) is 4. The minimum atomic E-state index is -0.591. The molecule has 0 radical (unpaired) electrons. The summed E-state index contributed by atoms with van der Waals surface area (Å²) in [5.41, 5.74) is 3.31. The molecule has 0 saturated carbocycles. The topological polar surface area (TPSA) is 56.8 Å². The summed E-state index contributed by atoms with van der Waals surface area (Å²) < 4.78 is 17.5. The summed E-state index contributed by atoms with van der Waals surface area (Å²) in [6.45, 7) is 5.87. The second-order valence-corrected chi connectivity index (χ2v) is 8.93. The van der Waals surface area contributed by atoms with E-state index >= 15 is 0 Å². The Bertz CT molecular complexity index is 937. The number of ether oxygens (including phenoxy) is 3. The Hall–Kier alpha value is -2.69. The van der Waals surface area contributed by atoms with E-state index in [0.717, 1.165) is 35.7 Å². The van der Waals surface area contributed by atoms with Crippen molar-refractivity contribution < 1.29 is 19.0 Å². The van der Waals surface area contributed by atoms with Crippen molar-refractivity contribution in [2.45, 2.75) is 70.6 Å². The van der Waals surface area contributed by atoms with E-state index in [1.807, 2.05) is 38.1 Å². The molecule has 0 bridgehead atoms. The average molecular weight is 410 g/mol. The van der Waals surface area contributed by atoms with Gasteiger partial charge in [-0.2, -0.15) is 0 Å². The zero-order chi connectivity index (χ0) is 21.3. The lowest BCUT2D eigenvalue weighted by Crippen LogP contribution is -2.44. The van der Waals surface area contributed by atoms with Gasteiger partial charge in [0.2, 0.25) is 0 Å². The summed E-state index contributed by atoms with van der Waals surface area (Å²) in [4.78, 5) is 13.0. The molecule has 1 aliphatic heterocycles. The lowest BCUT2D eigenvalue weighted by atomic mass is 9.89. The quantitative estimate of drug-likeness (QED) is 0.774. The third-order valence-electron chi connectivity index (χ3n) is 5.99. The van der Waals surface area contributed by atoms with Crippen molar-refractivity contribution in [2.75, 3.05) is 7.11 Å². The molecule has 0 saturated heterocycles. The highest BCUT2D eigenvalue weighted by molar-refractivity contribution is 5.81. The fourth-order valence-corrected chi connectivity index (χ4v) is 4.42. The number of nitrogens with one attached hydrogen (secondary N) is 1. The van der Waals surface area contributed by atoms with Crippen LogP contribution in [0, 0.1) is 0 Å². The summed E-state index contributed by atoms with van der Waals surface area (Å²) >= 11 is 0. The van der Waals surface area contributed by atoms with E-state index in [4.69, 9.17) is 14.2 Å². The Morgan fingerprint density at radius 2 is 1.83 bits per heavy atom. The van der Waals surface area contributed by atoms with Gasteiger partial charge in [0, 0.05) is 12.0 Å². The van der Waals surface area contributed by atoms with Crippen molar-refractivity contribution >= 4 is 5.91 Å². The van der Waals surface area contributed by atoms with Crippen LogP contribution >= 0.6 is 0 Å². The molecule has 0 spiro atoms. The molecule has 0 aromatic heterocycles. The molecule has 2 aliphatic rings. The Kier molecular flexibility index (Phi) is 5.63. The van der Waals surface area contributed by atoms with Crippen molar-refractivity contribution in [1.82, 2.24) is 5.32 Å². The average Bonchev–Trinajstić information content (AvgIpc) is 2.72. The lowest BCUT2D eigenvalue weighted by Gasteiger charge is -2.38. The number of rotatable bonds is 5.